The van der Waals surface area contributed by atoms with Crippen LogP contribution >= 0.6 is 0 Å². The molecule has 0 aromatic heterocycles. The first kappa shape index (κ1) is 17.8. The van der Waals surface area contributed by atoms with Crippen molar-refractivity contribution in [3.05, 3.63) is 29.8 Å². The summed E-state index contributed by atoms with van der Waals surface area (Å²) in [5.74, 6) is 0.291. The largest absolute Gasteiger partial charge is 0.367 e. The summed E-state index contributed by atoms with van der Waals surface area (Å²) in [7, 11) is 0. The molecule has 1 atom stereocenters. The number of hydrogen-bond acceptors (Lipinski definition) is 3. The van der Waals surface area contributed by atoms with Crippen molar-refractivity contribution in [2.75, 3.05) is 31.1 Å². The van der Waals surface area contributed by atoms with E-state index in [-0.39, 0.29) is 17.7 Å². The van der Waals surface area contributed by atoms with Crippen molar-refractivity contribution < 1.29 is 9.59 Å². The second-order valence-electron chi connectivity index (χ2n) is 7.28. The number of likely N-dealkylation sites (tertiary alicyclic amines) is 1. The highest BCUT2D eigenvalue weighted by Gasteiger charge is 2.26. The summed E-state index contributed by atoms with van der Waals surface area (Å²) in [5, 5.41) is 3.11. The minimum absolute atomic E-state index is 0.0432. The monoisotopic (exact) mass is 343 g/mol. The molecular weight excluding hydrogens is 314 g/mol. The van der Waals surface area contributed by atoms with Gasteiger partial charge in [-0.3, -0.25) is 9.59 Å². The van der Waals surface area contributed by atoms with E-state index < -0.39 is 0 Å². The Balaban J connectivity index is 1.48. The molecule has 1 aromatic carbocycles. The first-order valence-corrected chi connectivity index (χ1v) is 9.44. The lowest BCUT2D eigenvalue weighted by molar-refractivity contribution is -0.133. The Bertz CT molecular complexity index is 623. The maximum absolute atomic E-state index is 12.4. The third-order valence-corrected chi connectivity index (χ3v) is 5.63. The topological polar surface area (TPSA) is 52.7 Å². The Labute approximate surface area is 150 Å². The molecule has 5 nitrogen and oxygen atoms in total. The molecule has 0 spiro atoms. The summed E-state index contributed by atoms with van der Waals surface area (Å²) < 4.78 is 0. The molecule has 1 aromatic rings. The van der Waals surface area contributed by atoms with E-state index in [0.717, 1.165) is 32.2 Å². The number of rotatable bonds is 4. The van der Waals surface area contributed by atoms with Crippen LogP contribution in [0.5, 0.6) is 0 Å². The van der Waals surface area contributed by atoms with Crippen molar-refractivity contribution in [1.29, 1.82) is 0 Å². The predicted octanol–water partition coefficient (Wildman–Crippen LogP) is 2.20. The van der Waals surface area contributed by atoms with Crippen LogP contribution in [-0.4, -0.2) is 48.9 Å². The van der Waals surface area contributed by atoms with Gasteiger partial charge < -0.3 is 15.1 Å². The lowest BCUT2D eigenvalue weighted by atomic mass is 9.95. The standard InChI is InChI=1S/C20H29N3O2/c1-15-7-8-17-5-3-4-6-19(17)23(15)14-11-21-20(25)18-9-12-22(13-10-18)16(2)24/h3-6,15,18H,7-14H2,1-2H3,(H,21,25). The number of nitrogens with zero attached hydrogens (tertiary/aromatic N) is 2. The highest BCUT2D eigenvalue weighted by atomic mass is 16.2. The van der Waals surface area contributed by atoms with E-state index in [1.54, 1.807) is 6.92 Å². The molecule has 1 unspecified atom stereocenters. The molecule has 0 bridgehead atoms. The van der Waals surface area contributed by atoms with E-state index in [9.17, 15) is 9.59 Å². The van der Waals surface area contributed by atoms with Gasteiger partial charge in [0.15, 0.2) is 0 Å². The van der Waals surface area contributed by atoms with E-state index in [4.69, 9.17) is 0 Å². The Morgan fingerprint density at radius 3 is 2.60 bits per heavy atom. The van der Waals surface area contributed by atoms with E-state index in [1.807, 2.05) is 4.90 Å². The molecule has 1 N–H and O–H groups in total. The number of nitrogens with one attached hydrogen (secondary N) is 1. The Kier molecular flexibility index (Phi) is 5.61. The van der Waals surface area contributed by atoms with E-state index in [0.29, 0.717) is 25.7 Å². The SMILES string of the molecule is CC(=O)N1CCC(C(=O)NCCN2c3ccccc3CCC2C)CC1. The quantitative estimate of drug-likeness (QED) is 0.912. The highest BCUT2D eigenvalue weighted by molar-refractivity contribution is 5.79. The number of hydrogen-bond donors (Lipinski definition) is 1. The number of amides is 2. The Morgan fingerprint density at radius 2 is 1.88 bits per heavy atom. The van der Waals surface area contributed by atoms with Crippen LogP contribution in [0.3, 0.4) is 0 Å². The zero-order valence-electron chi connectivity index (χ0n) is 15.3. The molecule has 0 saturated carbocycles. The van der Waals surface area contributed by atoms with E-state index >= 15 is 0 Å². The number of fused-ring (bicyclic) bond motifs is 1. The average Bonchev–Trinajstić information content (AvgIpc) is 2.63. The molecule has 1 saturated heterocycles. The number of carbonyl (C=O) groups is 2. The fourth-order valence-corrected chi connectivity index (χ4v) is 4.00. The van der Waals surface area contributed by atoms with Gasteiger partial charge >= 0.3 is 0 Å². The van der Waals surface area contributed by atoms with Crippen LogP contribution in [0, 0.1) is 5.92 Å². The maximum atomic E-state index is 12.4. The van der Waals surface area contributed by atoms with Gasteiger partial charge in [-0.15, -0.1) is 0 Å². The van der Waals surface area contributed by atoms with Gasteiger partial charge in [0.25, 0.3) is 0 Å². The fourth-order valence-electron chi connectivity index (χ4n) is 4.00. The first-order valence-electron chi connectivity index (χ1n) is 9.44. The highest BCUT2D eigenvalue weighted by Crippen LogP contribution is 2.29. The van der Waals surface area contributed by atoms with Gasteiger partial charge in [0.05, 0.1) is 0 Å². The molecule has 2 aliphatic heterocycles. The lowest BCUT2D eigenvalue weighted by Gasteiger charge is -2.37. The summed E-state index contributed by atoms with van der Waals surface area (Å²) >= 11 is 0. The van der Waals surface area contributed by atoms with Gasteiger partial charge in [-0.2, -0.15) is 0 Å². The van der Waals surface area contributed by atoms with Crippen molar-refractivity contribution >= 4 is 17.5 Å². The third-order valence-electron chi connectivity index (χ3n) is 5.63. The van der Waals surface area contributed by atoms with Gasteiger partial charge in [0.1, 0.15) is 0 Å². The van der Waals surface area contributed by atoms with Crippen LogP contribution in [0.4, 0.5) is 5.69 Å². The number of anilines is 1. The Hall–Kier alpha value is -2.04. The average molecular weight is 343 g/mol. The summed E-state index contributed by atoms with van der Waals surface area (Å²) in [6.07, 6.45) is 3.84. The predicted molar refractivity (Wildman–Crippen MR) is 99.6 cm³/mol. The van der Waals surface area contributed by atoms with Crippen molar-refractivity contribution in [3.8, 4) is 0 Å². The van der Waals surface area contributed by atoms with Crippen LogP contribution in [0.15, 0.2) is 24.3 Å². The molecule has 136 valence electrons. The first-order chi connectivity index (χ1) is 12.1. The van der Waals surface area contributed by atoms with Crippen LogP contribution in [0.1, 0.15) is 38.7 Å². The van der Waals surface area contributed by atoms with Gasteiger partial charge in [-0.05, 0) is 44.2 Å². The molecule has 1 fully saturated rings. The summed E-state index contributed by atoms with van der Waals surface area (Å²) in [5.41, 5.74) is 2.72. The molecule has 5 heteroatoms. The molecule has 25 heavy (non-hydrogen) atoms. The van der Waals surface area contributed by atoms with Crippen LogP contribution in [0.25, 0.3) is 0 Å². The smallest absolute Gasteiger partial charge is 0.223 e. The van der Waals surface area contributed by atoms with Crippen molar-refractivity contribution in [3.63, 3.8) is 0 Å². The number of piperidine rings is 1. The van der Waals surface area contributed by atoms with Gasteiger partial charge in [0.2, 0.25) is 11.8 Å². The minimum Gasteiger partial charge on any atom is -0.367 e. The van der Waals surface area contributed by atoms with Crippen LogP contribution in [0.2, 0.25) is 0 Å². The van der Waals surface area contributed by atoms with Crippen LogP contribution < -0.4 is 10.2 Å². The zero-order chi connectivity index (χ0) is 17.8. The van der Waals surface area contributed by atoms with Gasteiger partial charge in [-0.25, -0.2) is 0 Å². The zero-order valence-corrected chi connectivity index (χ0v) is 15.3. The number of benzene rings is 1. The summed E-state index contributed by atoms with van der Waals surface area (Å²) in [6, 6.07) is 9.08. The van der Waals surface area contributed by atoms with Gasteiger partial charge in [-0.1, -0.05) is 18.2 Å². The van der Waals surface area contributed by atoms with Crippen molar-refractivity contribution in [2.45, 2.75) is 45.6 Å². The Morgan fingerprint density at radius 1 is 1.16 bits per heavy atom. The number of carbonyl (C=O) groups excluding carboxylic acids is 2. The normalized spacial score (nSPS) is 21.0. The minimum atomic E-state index is 0.0432. The maximum Gasteiger partial charge on any atom is 0.223 e. The fraction of sp³-hybridized carbons (Fsp3) is 0.600. The molecule has 0 aliphatic carbocycles. The second-order valence-corrected chi connectivity index (χ2v) is 7.28. The lowest BCUT2D eigenvalue weighted by Crippen LogP contribution is -2.45. The van der Waals surface area contributed by atoms with Crippen molar-refractivity contribution in [1.82, 2.24) is 10.2 Å². The summed E-state index contributed by atoms with van der Waals surface area (Å²) in [6.45, 7) is 6.77. The third kappa shape index (κ3) is 4.14. The molecule has 3 rings (SSSR count). The van der Waals surface area contributed by atoms with Gasteiger partial charge in [0, 0.05) is 50.7 Å². The molecule has 0 radical (unpaired) electrons. The van der Waals surface area contributed by atoms with Crippen LogP contribution in [-0.2, 0) is 16.0 Å². The van der Waals surface area contributed by atoms with Crippen molar-refractivity contribution in [2.24, 2.45) is 5.92 Å². The molecule has 2 aliphatic rings. The van der Waals surface area contributed by atoms with E-state index in [1.165, 1.54) is 11.3 Å². The molecular formula is C20H29N3O2. The number of aryl methyl sites for hydroxylation is 1. The summed E-state index contributed by atoms with van der Waals surface area (Å²) in [4.78, 5) is 28.0. The second kappa shape index (κ2) is 7.89. The molecule has 2 heterocycles. The van der Waals surface area contributed by atoms with E-state index in [2.05, 4.69) is 41.4 Å². The molecule has 2 amide bonds. The number of para-hydroxylation sites is 1.